The number of alkyl halides is 11. The minimum absolute atomic E-state index is 0.537. The molecule has 0 atom stereocenters. The Kier molecular flexibility index (Phi) is 3.81. The fourth-order valence-electron chi connectivity index (χ4n) is 1.54. The Labute approximate surface area is 119 Å². The van der Waals surface area contributed by atoms with Crippen LogP contribution in [0, 0.1) is 0 Å². The van der Waals surface area contributed by atoms with Crippen LogP contribution in [0.2, 0.25) is 0 Å². The van der Waals surface area contributed by atoms with Crippen molar-refractivity contribution in [1.29, 1.82) is 0 Å². The summed E-state index contributed by atoms with van der Waals surface area (Å²) in [6.07, 6.45) is 0. The van der Waals surface area contributed by atoms with Crippen LogP contribution in [0.1, 0.15) is 6.92 Å². The Morgan fingerprint density at radius 1 is 0.696 bits per heavy atom. The molecule has 0 amide bonds. The highest BCUT2D eigenvalue weighted by Gasteiger charge is 3.03. The summed E-state index contributed by atoms with van der Waals surface area (Å²) >= 11 is 0. The molecule has 0 N–H and O–H groups in total. The van der Waals surface area contributed by atoms with Crippen molar-refractivity contribution in [2.24, 2.45) is 0 Å². The van der Waals surface area contributed by atoms with Crippen LogP contribution < -0.4 is 0 Å². The number of hydrogen-bond donors (Lipinski definition) is 0. The lowest BCUT2D eigenvalue weighted by molar-refractivity contribution is -0.517. The molecule has 1 rings (SSSR count). The second kappa shape index (κ2) is 4.50. The van der Waals surface area contributed by atoms with Crippen LogP contribution in [-0.4, -0.2) is 41.4 Å². The first kappa shape index (κ1) is 19.5. The number of hydrogen-bond acceptors (Lipinski definition) is 2. The second-order valence-corrected chi connectivity index (χ2v) is 4.64. The molecule has 0 heterocycles. The quantitative estimate of drug-likeness (QED) is 0.420. The van der Waals surface area contributed by atoms with Gasteiger partial charge in [-0.05, 0) is 6.92 Å². The molecule has 0 radical (unpaired) electrons. The SMILES string of the molecule is C=C(C)C(=O)OC1(F)C(F)(F)C(F)(F)C(F)(F)C(F)(F)C1(F)F. The molecule has 0 spiro atoms. The van der Waals surface area contributed by atoms with E-state index in [9.17, 15) is 53.1 Å². The predicted octanol–water partition coefficient (Wildman–Crippen LogP) is 3.96. The molecular formula is C10H5F11O2. The third-order valence-electron chi connectivity index (χ3n) is 2.97. The molecule has 0 aromatic carbocycles. The van der Waals surface area contributed by atoms with E-state index in [2.05, 4.69) is 11.3 Å². The topological polar surface area (TPSA) is 26.3 Å². The fourth-order valence-corrected chi connectivity index (χ4v) is 1.54. The zero-order chi connectivity index (χ0) is 18.9. The van der Waals surface area contributed by atoms with Gasteiger partial charge in [-0.1, -0.05) is 6.58 Å². The van der Waals surface area contributed by atoms with Gasteiger partial charge in [0.05, 0.1) is 0 Å². The van der Waals surface area contributed by atoms with Gasteiger partial charge in [0.1, 0.15) is 0 Å². The van der Waals surface area contributed by atoms with E-state index < -0.39 is 47.0 Å². The number of halogens is 11. The standard InChI is InChI=1S/C10H5F11O2/c1-3(2)4(22)23-10(21)8(17,18)6(13,14)5(11,12)7(15,16)9(10,19)20/h1H2,2H3. The minimum atomic E-state index is -7.35. The highest BCUT2D eigenvalue weighted by atomic mass is 19.4. The molecule has 0 saturated heterocycles. The van der Waals surface area contributed by atoms with E-state index in [-0.39, 0.29) is 0 Å². The largest absolute Gasteiger partial charge is 0.413 e. The van der Waals surface area contributed by atoms with Crippen LogP contribution in [0.25, 0.3) is 0 Å². The molecule has 1 aliphatic carbocycles. The molecular weight excluding hydrogens is 361 g/mol. The molecule has 2 nitrogen and oxygen atoms in total. The summed E-state index contributed by atoms with van der Waals surface area (Å²) < 4.78 is 147. The number of carbonyl (C=O) groups excluding carboxylic acids is 1. The van der Waals surface area contributed by atoms with Crippen LogP contribution >= 0.6 is 0 Å². The minimum Gasteiger partial charge on any atom is -0.413 e. The third kappa shape index (κ3) is 1.84. The zero-order valence-corrected chi connectivity index (χ0v) is 10.7. The maximum absolute atomic E-state index is 13.8. The third-order valence-corrected chi connectivity index (χ3v) is 2.97. The number of ether oxygens (including phenoxy) is 1. The lowest BCUT2D eigenvalue weighted by Crippen LogP contribution is -2.84. The lowest BCUT2D eigenvalue weighted by Gasteiger charge is -2.51. The summed E-state index contributed by atoms with van der Waals surface area (Å²) in [7, 11) is 0. The van der Waals surface area contributed by atoms with Crippen molar-refractivity contribution in [1.82, 2.24) is 0 Å². The maximum Gasteiger partial charge on any atom is 0.391 e. The highest BCUT2D eigenvalue weighted by Crippen LogP contribution is 2.69. The Morgan fingerprint density at radius 3 is 1.22 bits per heavy atom. The summed E-state index contributed by atoms with van der Waals surface area (Å²) in [6, 6.07) is 0. The number of carbonyl (C=O) groups is 1. The van der Waals surface area contributed by atoms with Crippen molar-refractivity contribution in [3.8, 4) is 0 Å². The van der Waals surface area contributed by atoms with Gasteiger partial charge in [-0.25, -0.2) is 4.79 Å². The molecule has 0 aromatic heterocycles. The van der Waals surface area contributed by atoms with Gasteiger partial charge in [-0.2, -0.15) is 48.3 Å². The van der Waals surface area contributed by atoms with E-state index in [1.165, 1.54) is 0 Å². The van der Waals surface area contributed by atoms with Crippen molar-refractivity contribution in [3.63, 3.8) is 0 Å². The Balaban J connectivity index is 3.75. The molecule has 134 valence electrons. The van der Waals surface area contributed by atoms with Gasteiger partial charge >= 0.3 is 41.4 Å². The normalized spacial score (nSPS) is 28.7. The average molecular weight is 366 g/mol. The molecule has 0 unspecified atom stereocenters. The monoisotopic (exact) mass is 366 g/mol. The van der Waals surface area contributed by atoms with Crippen LogP contribution in [0.4, 0.5) is 48.3 Å². The van der Waals surface area contributed by atoms with Gasteiger partial charge in [-0.3, -0.25) is 0 Å². The Hall–Kier alpha value is -1.56. The van der Waals surface area contributed by atoms with Crippen molar-refractivity contribution in [2.75, 3.05) is 0 Å². The van der Waals surface area contributed by atoms with Crippen LogP contribution in [0.15, 0.2) is 12.2 Å². The van der Waals surface area contributed by atoms with Gasteiger partial charge in [-0.15, -0.1) is 0 Å². The second-order valence-electron chi connectivity index (χ2n) is 4.64. The van der Waals surface area contributed by atoms with Crippen LogP contribution in [0.5, 0.6) is 0 Å². The molecule has 1 saturated carbocycles. The fraction of sp³-hybridized carbons (Fsp3) is 0.700. The van der Waals surface area contributed by atoms with Gasteiger partial charge in [0.15, 0.2) is 0 Å². The summed E-state index contributed by atoms with van der Waals surface area (Å²) in [5, 5.41) is 0. The average Bonchev–Trinajstić information content (AvgIpc) is 2.35. The summed E-state index contributed by atoms with van der Waals surface area (Å²) in [5.74, 6) is -45.7. The first-order valence-electron chi connectivity index (χ1n) is 5.29. The number of esters is 1. The molecule has 1 fully saturated rings. The number of rotatable bonds is 2. The molecule has 13 heteroatoms. The van der Waals surface area contributed by atoms with Crippen molar-refractivity contribution in [2.45, 2.75) is 42.4 Å². The highest BCUT2D eigenvalue weighted by molar-refractivity contribution is 5.87. The van der Waals surface area contributed by atoms with Gasteiger partial charge < -0.3 is 4.74 Å². The van der Waals surface area contributed by atoms with Gasteiger partial charge in [0, 0.05) is 5.57 Å². The molecule has 0 bridgehead atoms. The van der Waals surface area contributed by atoms with Gasteiger partial charge in [0.25, 0.3) is 0 Å². The first-order chi connectivity index (χ1) is 9.83. The molecule has 1 aliphatic rings. The molecule has 23 heavy (non-hydrogen) atoms. The van der Waals surface area contributed by atoms with Crippen LogP contribution in [-0.2, 0) is 9.53 Å². The summed E-state index contributed by atoms with van der Waals surface area (Å²) in [4.78, 5) is 10.9. The van der Waals surface area contributed by atoms with E-state index >= 15 is 0 Å². The maximum atomic E-state index is 13.8. The van der Waals surface area contributed by atoms with Crippen LogP contribution in [0.3, 0.4) is 0 Å². The first-order valence-corrected chi connectivity index (χ1v) is 5.29. The van der Waals surface area contributed by atoms with Crippen molar-refractivity contribution < 1.29 is 57.8 Å². The smallest absolute Gasteiger partial charge is 0.391 e. The van der Waals surface area contributed by atoms with E-state index in [0.717, 1.165) is 0 Å². The van der Waals surface area contributed by atoms with Gasteiger partial charge in [0.2, 0.25) is 0 Å². The Morgan fingerprint density at radius 2 is 0.957 bits per heavy atom. The van der Waals surface area contributed by atoms with E-state index in [1.807, 2.05) is 0 Å². The lowest BCUT2D eigenvalue weighted by atomic mass is 9.78. The summed E-state index contributed by atoms with van der Waals surface area (Å²) in [5.41, 5.74) is -1.13. The predicted molar refractivity (Wildman–Crippen MR) is 49.5 cm³/mol. The van der Waals surface area contributed by atoms with Crippen molar-refractivity contribution >= 4 is 5.97 Å². The molecule has 0 aliphatic heterocycles. The summed E-state index contributed by atoms with van der Waals surface area (Å²) in [6.45, 7) is 3.13. The van der Waals surface area contributed by atoms with E-state index in [4.69, 9.17) is 0 Å². The Bertz CT molecular complexity index is 521. The zero-order valence-electron chi connectivity index (χ0n) is 10.7. The van der Waals surface area contributed by atoms with E-state index in [0.29, 0.717) is 6.92 Å². The van der Waals surface area contributed by atoms with E-state index in [1.54, 1.807) is 0 Å². The van der Waals surface area contributed by atoms with Crippen molar-refractivity contribution in [3.05, 3.63) is 12.2 Å². The molecule has 0 aromatic rings.